The number of nitrogens with zero attached hydrogens (tertiary/aromatic N) is 3. The Bertz CT molecular complexity index is 893. The number of aromatic hydroxyl groups is 1. The molecule has 5 nitrogen and oxygen atoms in total. The zero-order chi connectivity index (χ0) is 16.6. The molecule has 0 amide bonds. The van der Waals surface area contributed by atoms with Gasteiger partial charge < -0.3 is 5.11 Å². The predicted molar refractivity (Wildman–Crippen MR) is 89.4 cm³/mol. The minimum absolute atomic E-state index is 0.114. The highest BCUT2D eigenvalue weighted by molar-refractivity contribution is 7.98. The number of fused-ring (bicyclic) bond motifs is 1. The number of halogens is 1. The summed E-state index contributed by atoms with van der Waals surface area (Å²) in [6, 6.07) is 11.4. The molecule has 0 radical (unpaired) electrons. The Morgan fingerprint density at radius 1 is 1.39 bits per heavy atom. The molecule has 0 atom stereocenters. The van der Waals surface area contributed by atoms with Gasteiger partial charge in [-0.2, -0.15) is 4.40 Å². The van der Waals surface area contributed by atoms with Crippen LogP contribution in [-0.4, -0.2) is 26.7 Å². The number of benzene rings is 1. The van der Waals surface area contributed by atoms with Crippen LogP contribution in [-0.2, 0) is 6.54 Å². The number of rotatable bonds is 4. The second-order valence-electron chi connectivity index (χ2n) is 5.06. The third-order valence-corrected chi connectivity index (χ3v) is 4.37. The number of ketones is 1. The Morgan fingerprint density at radius 3 is 2.70 bits per heavy atom. The number of carbonyl (C=O) groups is 1. The normalized spacial score (nSPS) is 11.1. The minimum atomic E-state index is -0.217. The van der Waals surface area contributed by atoms with Gasteiger partial charge in [-0.25, -0.2) is 4.57 Å². The van der Waals surface area contributed by atoms with Crippen LogP contribution in [0.4, 0.5) is 0 Å². The molecule has 1 N–H and O–H groups in total. The summed E-state index contributed by atoms with van der Waals surface area (Å²) < 4.78 is 3.32. The molecule has 1 aromatic carbocycles. The van der Waals surface area contributed by atoms with Gasteiger partial charge in [0, 0.05) is 6.92 Å². The van der Waals surface area contributed by atoms with E-state index in [1.54, 1.807) is 15.0 Å². The molecule has 0 spiro atoms. The monoisotopic (exact) mass is 348 g/mol. The fraction of sp³-hybridized carbons (Fsp3) is 0.188. The van der Waals surface area contributed by atoms with Gasteiger partial charge in [-0.15, -0.1) is 0 Å². The molecular formula is C16H15ClN3O2S+. The quantitative estimate of drug-likeness (QED) is 0.259. The van der Waals surface area contributed by atoms with Crippen molar-refractivity contribution in [1.82, 2.24) is 9.55 Å². The van der Waals surface area contributed by atoms with Crippen molar-refractivity contribution >= 4 is 34.8 Å². The summed E-state index contributed by atoms with van der Waals surface area (Å²) in [5.41, 5.74) is 1.89. The molecule has 0 aliphatic carbocycles. The molecule has 23 heavy (non-hydrogen) atoms. The van der Waals surface area contributed by atoms with E-state index in [9.17, 15) is 9.90 Å². The molecule has 2 heterocycles. The van der Waals surface area contributed by atoms with E-state index < -0.39 is 0 Å². The summed E-state index contributed by atoms with van der Waals surface area (Å²) in [4.78, 5) is 16.3. The fourth-order valence-electron chi connectivity index (χ4n) is 2.59. The van der Waals surface area contributed by atoms with Crippen molar-refractivity contribution < 1.29 is 14.3 Å². The second kappa shape index (κ2) is 6.22. The number of thioether (sulfide) groups is 1. The maximum absolute atomic E-state index is 12.1. The van der Waals surface area contributed by atoms with Crippen LogP contribution in [0.2, 0.25) is 5.15 Å². The lowest BCUT2D eigenvalue weighted by atomic mass is 10.2. The third kappa shape index (κ3) is 2.80. The smallest absolute Gasteiger partial charge is 0.307 e. The molecule has 0 bridgehead atoms. The van der Waals surface area contributed by atoms with Crippen LogP contribution in [0.15, 0.2) is 41.6 Å². The zero-order valence-electron chi connectivity index (χ0n) is 12.7. The highest BCUT2D eigenvalue weighted by Crippen LogP contribution is 2.24. The van der Waals surface area contributed by atoms with Crippen LogP contribution >= 0.6 is 23.4 Å². The first-order valence-electron chi connectivity index (χ1n) is 6.95. The lowest BCUT2D eigenvalue weighted by Crippen LogP contribution is -2.25. The van der Waals surface area contributed by atoms with Gasteiger partial charge in [0.15, 0.2) is 5.78 Å². The molecule has 2 aromatic heterocycles. The van der Waals surface area contributed by atoms with Gasteiger partial charge in [-0.3, -0.25) is 4.79 Å². The van der Waals surface area contributed by atoms with Gasteiger partial charge in [0.1, 0.15) is 0 Å². The molecule has 3 aromatic rings. The maximum atomic E-state index is 12.1. The second-order valence-corrected chi connectivity index (χ2v) is 6.22. The molecule has 0 saturated carbocycles. The van der Waals surface area contributed by atoms with Crippen molar-refractivity contribution in [2.45, 2.75) is 18.6 Å². The van der Waals surface area contributed by atoms with Crippen molar-refractivity contribution in [3.8, 4) is 5.88 Å². The standard InChI is InChI=1S/C16H14ClN3O2S/c1-10(21)14-15(22)20-13(8-12(17)18-16(20)23-2)19(14)9-11-6-4-3-5-7-11/h3-8H,9H2,1-2H3/p+1. The average molecular weight is 349 g/mol. The van der Waals surface area contributed by atoms with Crippen molar-refractivity contribution in [2.75, 3.05) is 6.26 Å². The molecule has 7 heteroatoms. The van der Waals surface area contributed by atoms with Crippen LogP contribution in [0.3, 0.4) is 0 Å². The molecule has 0 saturated heterocycles. The van der Waals surface area contributed by atoms with E-state index in [0.717, 1.165) is 5.56 Å². The van der Waals surface area contributed by atoms with Crippen LogP contribution in [0.5, 0.6) is 5.88 Å². The number of carbonyl (C=O) groups excluding carboxylic acids is 1. The van der Waals surface area contributed by atoms with Crippen LogP contribution in [0.1, 0.15) is 23.0 Å². The van der Waals surface area contributed by atoms with E-state index in [2.05, 4.69) is 4.98 Å². The highest BCUT2D eigenvalue weighted by atomic mass is 35.5. The van der Waals surface area contributed by atoms with E-state index in [-0.39, 0.29) is 17.4 Å². The van der Waals surface area contributed by atoms with Gasteiger partial charge in [0.05, 0.1) is 12.6 Å². The number of hydrogen-bond acceptors (Lipinski definition) is 4. The van der Waals surface area contributed by atoms with Gasteiger partial charge in [0.2, 0.25) is 16.5 Å². The third-order valence-electron chi connectivity index (χ3n) is 3.54. The van der Waals surface area contributed by atoms with E-state index in [4.69, 9.17) is 11.6 Å². The number of imidazole rings is 1. The van der Waals surface area contributed by atoms with Crippen molar-refractivity contribution in [3.05, 3.63) is 52.8 Å². The Morgan fingerprint density at radius 2 is 2.09 bits per heavy atom. The first-order valence-corrected chi connectivity index (χ1v) is 8.55. The minimum Gasteiger partial charge on any atom is -0.480 e. The van der Waals surface area contributed by atoms with Crippen molar-refractivity contribution in [2.24, 2.45) is 0 Å². The summed E-state index contributed by atoms with van der Waals surface area (Å²) >= 11 is 7.45. The Labute approximate surface area is 142 Å². The first-order chi connectivity index (χ1) is 11.0. The fourth-order valence-corrected chi connectivity index (χ4v) is 3.37. The largest absolute Gasteiger partial charge is 0.480 e. The van der Waals surface area contributed by atoms with Gasteiger partial charge in [-0.1, -0.05) is 47.1 Å². The zero-order valence-corrected chi connectivity index (χ0v) is 14.2. The van der Waals surface area contributed by atoms with E-state index in [0.29, 0.717) is 22.5 Å². The van der Waals surface area contributed by atoms with Crippen LogP contribution in [0, 0.1) is 0 Å². The lowest BCUT2D eigenvalue weighted by Gasteiger charge is -2.03. The predicted octanol–water partition coefficient (Wildman–Crippen LogP) is 2.95. The maximum Gasteiger partial charge on any atom is 0.307 e. The Balaban J connectivity index is 2.32. The molecule has 0 fully saturated rings. The number of Topliss-reactive ketones (excluding diaryl/α,β-unsaturated/α-hetero) is 1. The van der Waals surface area contributed by atoms with Crippen LogP contribution < -0.4 is 4.40 Å². The average Bonchev–Trinajstić information content (AvgIpc) is 2.80. The number of aromatic nitrogens is 3. The van der Waals surface area contributed by atoms with Crippen LogP contribution in [0.25, 0.3) is 5.65 Å². The van der Waals surface area contributed by atoms with Crippen molar-refractivity contribution in [3.63, 3.8) is 0 Å². The molecular weight excluding hydrogens is 334 g/mol. The first kappa shape index (κ1) is 15.8. The van der Waals surface area contributed by atoms with Crippen molar-refractivity contribution in [1.29, 1.82) is 0 Å². The van der Waals surface area contributed by atoms with E-state index in [1.807, 2.05) is 36.6 Å². The SMILES string of the molecule is CSc1nc(Cl)cc2n(Cc3ccccc3)c(C(C)=O)c(O)[n+]12. The summed E-state index contributed by atoms with van der Waals surface area (Å²) in [6.07, 6.45) is 1.84. The number of hydrogen-bond donors (Lipinski definition) is 1. The summed E-state index contributed by atoms with van der Waals surface area (Å²) in [6.45, 7) is 1.89. The van der Waals surface area contributed by atoms with Gasteiger partial charge in [0.25, 0.3) is 0 Å². The molecule has 3 rings (SSSR count). The highest BCUT2D eigenvalue weighted by Gasteiger charge is 2.30. The summed E-state index contributed by atoms with van der Waals surface area (Å²) in [5.74, 6) is -0.331. The topological polar surface area (TPSA) is 59.2 Å². The Hall–Kier alpha value is -2.05. The lowest BCUT2D eigenvalue weighted by molar-refractivity contribution is -0.568. The Kier molecular flexibility index (Phi) is 4.28. The van der Waals surface area contributed by atoms with Gasteiger partial charge in [-0.05, 0) is 23.4 Å². The molecule has 0 aliphatic rings. The van der Waals surface area contributed by atoms with E-state index >= 15 is 0 Å². The summed E-state index contributed by atoms with van der Waals surface area (Å²) in [5, 5.41) is 11.4. The van der Waals surface area contributed by atoms with E-state index in [1.165, 1.54) is 18.7 Å². The molecule has 0 unspecified atom stereocenters. The summed E-state index contributed by atoms with van der Waals surface area (Å²) in [7, 11) is 0. The van der Waals surface area contributed by atoms with Gasteiger partial charge >= 0.3 is 11.0 Å². The molecule has 0 aliphatic heterocycles. The molecule has 118 valence electrons.